The van der Waals surface area contributed by atoms with E-state index >= 15 is 0 Å². The maximum atomic E-state index is 14.5. The Kier molecular flexibility index (Phi) is 26.7. The van der Waals surface area contributed by atoms with Gasteiger partial charge in [0.1, 0.15) is 60.0 Å². The molecule has 3 aromatic heterocycles. The molecule has 4 amide bonds. The molecule has 4 aromatic carbocycles. The number of phosphoric acid groups is 3. The van der Waals surface area contributed by atoms with E-state index in [9.17, 15) is 57.8 Å². The number of aromatic nitrogens is 3. The highest BCUT2D eigenvalue weighted by atomic mass is 32.1. The number of hydrogen-bond acceptors (Lipinski definition) is 25. The Hall–Kier alpha value is -9.43. The molecule has 540 valence electrons. The van der Waals surface area contributed by atoms with E-state index in [4.69, 9.17) is 54.1 Å². The average molecular weight is 1490 g/mol. The molecule has 6 unspecified atom stereocenters. The van der Waals surface area contributed by atoms with Crippen LogP contribution in [0.5, 0.6) is 5.75 Å². The van der Waals surface area contributed by atoms with Gasteiger partial charge in [0.15, 0.2) is 6.23 Å². The fraction of sp³-hybridized carbons (Fsp3) is 0.377. The van der Waals surface area contributed by atoms with Gasteiger partial charge in [0.05, 0.1) is 48.2 Å². The zero-order chi connectivity index (χ0) is 73.1. The quantitative estimate of drug-likeness (QED) is 0.00403. The van der Waals surface area contributed by atoms with E-state index in [2.05, 4.69) is 83.9 Å². The second-order valence-corrected chi connectivity index (χ2v) is 27.8. The predicted molar refractivity (Wildman–Crippen MR) is 366 cm³/mol. The third kappa shape index (κ3) is 21.1. The van der Waals surface area contributed by atoms with E-state index in [0.717, 1.165) is 58.2 Å². The number of rotatable bonds is 34. The lowest BCUT2D eigenvalue weighted by atomic mass is 9.90. The number of amides is 4. The van der Waals surface area contributed by atoms with Gasteiger partial charge in [0.25, 0.3) is 11.8 Å². The first-order valence-corrected chi connectivity index (χ1v) is 36.5. The number of hydrogen-bond donors (Lipinski definition) is 8. The lowest BCUT2D eigenvalue weighted by Gasteiger charge is -2.30. The summed E-state index contributed by atoms with van der Waals surface area (Å²) in [6, 6.07) is 24.9. The smallest absolute Gasteiger partial charge is 0.490 e. The molecule has 2 aliphatic rings. The Balaban J connectivity index is 0.683. The number of thiazole rings is 1. The maximum Gasteiger partial charge on any atom is 0.490 e. The molecule has 7 aromatic rings. The number of benzene rings is 4. The predicted octanol–water partition coefficient (Wildman–Crippen LogP) is 6.55. The normalized spacial score (nSPS) is 16.4. The van der Waals surface area contributed by atoms with Crippen LogP contribution in [0.3, 0.4) is 0 Å². The fourth-order valence-corrected chi connectivity index (χ4v) is 14.8. The van der Waals surface area contributed by atoms with E-state index in [-0.39, 0.29) is 98.9 Å². The minimum absolute atomic E-state index is 0.0292. The molecule has 6 atom stereocenters. The number of nitrogens with two attached hydrogens (primary N) is 1. The maximum absolute atomic E-state index is 14.5. The van der Waals surface area contributed by atoms with Crippen LogP contribution >= 0.6 is 34.8 Å². The van der Waals surface area contributed by atoms with E-state index in [1.165, 1.54) is 17.4 Å². The van der Waals surface area contributed by atoms with Gasteiger partial charge in [-0.25, -0.2) is 28.3 Å². The third-order valence-corrected chi connectivity index (χ3v) is 20.2. The number of fused-ring (bicyclic) bond motifs is 3. The lowest BCUT2D eigenvalue weighted by Crippen LogP contribution is -2.35. The van der Waals surface area contributed by atoms with Crippen molar-refractivity contribution in [2.24, 2.45) is 10.2 Å². The Bertz CT molecular complexity index is 4670. The molecule has 9 rings (SSSR count). The van der Waals surface area contributed by atoms with Crippen molar-refractivity contribution in [1.29, 1.82) is 0 Å². The first-order valence-electron chi connectivity index (χ1n) is 31.1. The molecule has 1 saturated heterocycles. The summed E-state index contributed by atoms with van der Waals surface area (Å²) in [5.74, 6) is 3.49. The Morgan fingerprint density at radius 2 is 1.71 bits per heavy atom. The van der Waals surface area contributed by atoms with Gasteiger partial charge < -0.3 is 79.2 Å². The number of para-hydroxylation sites is 1. The van der Waals surface area contributed by atoms with Crippen molar-refractivity contribution in [3.63, 3.8) is 0 Å². The highest BCUT2D eigenvalue weighted by Crippen LogP contribution is 2.66. The van der Waals surface area contributed by atoms with Gasteiger partial charge in [-0.3, -0.25) is 28.3 Å². The van der Waals surface area contributed by atoms with Gasteiger partial charge in [-0.1, -0.05) is 58.5 Å². The number of aryl methyl sites for hydroxylation is 1. The molecular formula is C61H68N15O22P3S. The van der Waals surface area contributed by atoms with Crippen LogP contribution in [-0.2, 0) is 61.8 Å². The molecular weight excluding hydrogens is 1420 g/mol. The number of nitrogen functional groups attached to an aromatic ring is 1. The Morgan fingerprint density at radius 3 is 2.48 bits per heavy atom. The molecule has 102 heavy (non-hydrogen) atoms. The first kappa shape index (κ1) is 76.7. The van der Waals surface area contributed by atoms with Gasteiger partial charge in [-0.2, -0.15) is 13.6 Å². The van der Waals surface area contributed by atoms with Crippen molar-refractivity contribution in [1.82, 2.24) is 35.4 Å². The summed E-state index contributed by atoms with van der Waals surface area (Å²) in [5, 5.41) is 16.0. The van der Waals surface area contributed by atoms with Gasteiger partial charge in [0, 0.05) is 102 Å². The topological polar surface area (TPSA) is 518 Å². The molecule has 2 aliphatic heterocycles. The number of nitrogens with one attached hydrogen (secondary N) is 3. The minimum Gasteiger partial charge on any atom is -0.491 e. The van der Waals surface area contributed by atoms with E-state index < -0.39 is 91.2 Å². The van der Waals surface area contributed by atoms with Gasteiger partial charge in [0.2, 0.25) is 11.8 Å². The molecule has 1 fully saturated rings. The molecule has 0 aliphatic carbocycles. The zero-order valence-electron chi connectivity index (χ0n) is 54.4. The second-order valence-electron chi connectivity index (χ2n) is 22.3. The third-order valence-electron chi connectivity index (χ3n) is 15.4. The standard InChI is InChI=1S/C61H68N15O22P3S/c1-3-75-25-10-14-37-29-43-46(30-45(37)75)96-60(81)55(58-69-44-18-6-7-19-49(44)102-58)54(43)41-16-4-5-17-42(41)59(80)74(2)24-11-20-50(77)66-22-23-67-57(79)38-12-8-15-40(28-38)92-35-52(71-73-64)91-27-26-90-34-51(78)65-21-9-13-39-32-76(61(82)70-56(39)62)53-31-47(93-36-68-72-63)48(95-53)33-94-100(86,87)98-101(88,89)97-99(83,84)85/h4-8,12,15-19,28-30,32,47-48,52-53H,3,10-11,14,20-27,31,33-36H2,1-2H3,(H,65,78)(H,66,77)(H,67,79)(H,86,87)(H,88,89)(H2,62,70,82)(H2,83,84,85). The number of phosphoric ester groups is 1. The van der Waals surface area contributed by atoms with Crippen LogP contribution in [-0.4, -0.2) is 167 Å². The number of nitrogens with zero attached hydrogens (tertiary/aromatic N) is 11. The summed E-state index contributed by atoms with van der Waals surface area (Å²) in [5.41, 5.74) is 27.4. The molecule has 37 nitrogen and oxygen atoms in total. The fourth-order valence-electron chi connectivity index (χ4n) is 10.8. The average Bonchev–Trinajstić information content (AvgIpc) is 1.09. The molecule has 0 saturated carbocycles. The molecule has 5 heterocycles. The van der Waals surface area contributed by atoms with Crippen LogP contribution in [0.25, 0.3) is 63.8 Å². The van der Waals surface area contributed by atoms with Gasteiger partial charge >= 0.3 is 34.8 Å². The second kappa shape index (κ2) is 35.4. The number of azide groups is 2. The van der Waals surface area contributed by atoms with Crippen LogP contribution in [0.15, 0.2) is 115 Å². The monoisotopic (exact) mass is 1490 g/mol. The van der Waals surface area contributed by atoms with Crippen LogP contribution in [0.2, 0.25) is 0 Å². The zero-order valence-corrected chi connectivity index (χ0v) is 57.9. The number of carbonyl (C=O) groups is 4. The molecule has 0 bridgehead atoms. The van der Waals surface area contributed by atoms with Crippen molar-refractivity contribution >= 4 is 91.1 Å². The Morgan fingerprint density at radius 1 is 0.922 bits per heavy atom. The van der Waals surface area contributed by atoms with Crippen molar-refractivity contribution in [3.05, 3.63) is 155 Å². The lowest BCUT2D eigenvalue weighted by molar-refractivity contribution is -0.126. The van der Waals surface area contributed by atoms with Crippen LogP contribution < -0.4 is 42.6 Å². The number of anilines is 2. The summed E-state index contributed by atoms with van der Waals surface area (Å²) in [6.45, 7) is 1.30. The molecule has 9 N–H and O–H groups in total. The molecule has 41 heteroatoms. The SMILES string of the molecule is CCN1CCCc2cc3c(-c4ccccc4C(=O)N(C)CCCC(=O)NCCNC(=O)c4cccc(OCC(N=[N+]=[N-])OCCOCC(=O)NCC#Cc5cn(C6CC(OCN=[N+]=[N-])C(COP(=O)(O)OP(=O)(O)OP(=O)(O)O)O6)c(=O)nc5N)c4)c(-c4nc5ccccc5s4)c(=O)oc3cc21. The van der Waals surface area contributed by atoms with Crippen LogP contribution in [0.4, 0.5) is 11.5 Å². The van der Waals surface area contributed by atoms with Crippen molar-refractivity contribution < 1.29 is 93.7 Å². The number of carbonyl (C=O) groups excluding carboxylic acids is 4. The van der Waals surface area contributed by atoms with Crippen LogP contribution in [0, 0.1) is 11.8 Å². The summed E-state index contributed by atoms with van der Waals surface area (Å²) in [4.78, 5) is 135. The van der Waals surface area contributed by atoms with E-state index in [1.807, 2.05) is 42.5 Å². The summed E-state index contributed by atoms with van der Waals surface area (Å²) in [6.07, 6.45) is -1.89. The van der Waals surface area contributed by atoms with Crippen molar-refractivity contribution in [3.8, 4) is 39.3 Å². The minimum atomic E-state index is -5.86. The van der Waals surface area contributed by atoms with Crippen molar-refractivity contribution in [2.75, 3.05) is 96.7 Å². The largest absolute Gasteiger partial charge is 0.491 e. The summed E-state index contributed by atoms with van der Waals surface area (Å²) >= 11 is 1.37. The highest BCUT2D eigenvalue weighted by Gasteiger charge is 2.44. The van der Waals surface area contributed by atoms with Gasteiger partial charge in [-0.05, 0) is 90.8 Å². The highest BCUT2D eigenvalue weighted by molar-refractivity contribution is 7.66. The van der Waals surface area contributed by atoms with Gasteiger partial charge in [-0.15, -0.1) is 11.3 Å². The number of ether oxygens (including phenoxy) is 5. The molecule has 0 spiro atoms. The van der Waals surface area contributed by atoms with Crippen LogP contribution in [0.1, 0.15) is 70.7 Å². The van der Waals surface area contributed by atoms with E-state index in [0.29, 0.717) is 39.1 Å². The first-order chi connectivity index (χ1) is 48.8. The summed E-state index contributed by atoms with van der Waals surface area (Å²) in [7, 11) is -15.5. The molecule has 0 radical (unpaired) electrons. The summed E-state index contributed by atoms with van der Waals surface area (Å²) < 4.78 is 83.0. The van der Waals surface area contributed by atoms with Crippen molar-refractivity contribution in [2.45, 2.75) is 63.7 Å². The Labute approximate surface area is 582 Å². The van der Waals surface area contributed by atoms with E-state index in [1.54, 1.807) is 42.3 Å².